The number of benzene rings is 1. The number of nitrogens with zero attached hydrogens (tertiary/aromatic N) is 2. The molecule has 0 radical (unpaired) electrons. The van der Waals surface area contributed by atoms with Gasteiger partial charge in [-0.05, 0) is 46.1 Å². The molecule has 90 valence electrons. The highest BCUT2D eigenvalue weighted by Crippen LogP contribution is 2.23. The molecule has 3 rings (SSSR count). The van der Waals surface area contributed by atoms with Crippen LogP contribution in [0.4, 0.5) is 0 Å². The first-order valence-corrected chi connectivity index (χ1v) is 6.65. The van der Waals surface area contributed by atoms with Crippen LogP contribution in [0.5, 0.6) is 0 Å². The monoisotopic (exact) mass is 301 g/mol. The second-order valence-electron chi connectivity index (χ2n) is 4.18. The zero-order valence-electron chi connectivity index (χ0n) is 9.94. The van der Waals surface area contributed by atoms with Crippen LogP contribution < -0.4 is 0 Å². The summed E-state index contributed by atoms with van der Waals surface area (Å²) in [7, 11) is 0. The SMILES string of the molecule is CCc1ccc2nc(-c3cncc(Br)c3)[nH]c2c1. The Morgan fingerprint density at radius 3 is 2.89 bits per heavy atom. The Morgan fingerprint density at radius 1 is 1.22 bits per heavy atom. The molecule has 0 saturated heterocycles. The summed E-state index contributed by atoms with van der Waals surface area (Å²) in [6.07, 6.45) is 4.60. The van der Waals surface area contributed by atoms with Crippen LogP contribution in [0.25, 0.3) is 22.4 Å². The number of hydrogen-bond acceptors (Lipinski definition) is 2. The number of aromatic amines is 1. The van der Waals surface area contributed by atoms with E-state index in [1.54, 1.807) is 6.20 Å². The van der Waals surface area contributed by atoms with Gasteiger partial charge >= 0.3 is 0 Å². The molecule has 3 nitrogen and oxygen atoms in total. The summed E-state index contributed by atoms with van der Waals surface area (Å²) >= 11 is 3.42. The lowest BCUT2D eigenvalue weighted by Gasteiger charge is -1.95. The van der Waals surface area contributed by atoms with Gasteiger partial charge in [0.25, 0.3) is 0 Å². The molecule has 1 aromatic carbocycles. The maximum atomic E-state index is 4.58. The number of rotatable bonds is 2. The number of fused-ring (bicyclic) bond motifs is 1. The van der Waals surface area contributed by atoms with Crippen LogP contribution in [0.15, 0.2) is 41.1 Å². The van der Waals surface area contributed by atoms with Crippen molar-refractivity contribution in [3.63, 3.8) is 0 Å². The average Bonchev–Trinajstić information content (AvgIpc) is 2.81. The highest BCUT2D eigenvalue weighted by molar-refractivity contribution is 9.10. The number of imidazole rings is 1. The minimum absolute atomic E-state index is 0.854. The van der Waals surface area contributed by atoms with Gasteiger partial charge in [-0.2, -0.15) is 0 Å². The molecule has 18 heavy (non-hydrogen) atoms. The molecule has 2 aromatic heterocycles. The normalized spacial score (nSPS) is 11.0. The topological polar surface area (TPSA) is 41.6 Å². The van der Waals surface area contributed by atoms with E-state index in [4.69, 9.17) is 0 Å². The van der Waals surface area contributed by atoms with Gasteiger partial charge in [0.1, 0.15) is 5.82 Å². The van der Waals surface area contributed by atoms with Gasteiger partial charge in [-0.15, -0.1) is 0 Å². The third-order valence-electron chi connectivity index (χ3n) is 2.93. The van der Waals surface area contributed by atoms with E-state index < -0.39 is 0 Å². The zero-order chi connectivity index (χ0) is 12.5. The van der Waals surface area contributed by atoms with Crippen LogP contribution >= 0.6 is 15.9 Å². The predicted molar refractivity (Wildman–Crippen MR) is 76.4 cm³/mol. The van der Waals surface area contributed by atoms with Gasteiger partial charge in [0, 0.05) is 22.4 Å². The Labute approximate surface area is 113 Å². The third-order valence-corrected chi connectivity index (χ3v) is 3.37. The summed E-state index contributed by atoms with van der Waals surface area (Å²) in [4.78, 5) is 12.1. The second kappa shape index (κ2) is 4.53. The Hall–Kier alpha value is -1.68. The molecule has 4 heteroatoms. The van der Waals surface area contributed by atoms with Crippen molar-refractivity contribution in [2.24, 2.45) is 0 Å². The minimum atomic E-state index is 0.854. The molecule has 0 spiro atoms. The third kappa shape index (κ3) is 2.04. The average molecular weight is 302 g/mol. The molecule has 0 aliphatic rings. The number of pyridine rings is 1. The summed E-state index contributed by atoms with van der Waals surface area (Å²) in [5.74, 6) is 0.854. The first-order chi connectivity index (χ1) is 8.76. The summed E-state index contributed by atoms with van der Waals surface area (Å²) in [5, 5.41) is 0. The molecule has 0 bridgehead atoms. The number of hydrogen-bond donors (Lipinski definition) is 1. The number of H-pyrrole nitrogens is 1. The van der Waals surface area contributed by atoms with Gasteiger partial charge < -0.3 is 4.98 Å². The van der Waals surface area contributed by atoms with E-state index in [0.717, 1.165) is 33.3 Å². The van der Waals surface area contributed by atoms with Crippen LogP contribution in [0.3, 0.4) is 0 Å². The van der Waals surface area contributed by atoms with Gasteiger partial charge in [0.05, 0.1) is 11.0 Å². The molecular formula is C14H12BrN3. The maximum absolute atomic E-state index is 4.58. The van der Waals surface area contributed by atoms with E-state index in [-0.39, 0.29) is 0 Å². The molecular weight excluding hydrogens is 290 g/mol. The Morgan fingerprint density at radius 2 is 2.11 bits per heavy atom. The second-order valence-corrected chi connectivity index (χ2v) is 5.10. The predicted octanol–water partition coefficient (Wildman–Crippen LogP) is 3.95. The Bertz CT molecular complexity index is 703. The molecule has 2 heterocycles. The van der Waals surface area contributed by atoms with E-state index >= 15 is 0 Å². The van der Waals surface area contributed by atoms with Gasteiger partial charge in [-0.3, -0.25) is 4.98 Å². The van der Waals surface area contributed by atoms with E-state index in [9.17, 15) is 0 Å². The van der Waals surface area contributed by atoms with E-state index in [1.165, 1.54) is 5.56 Å². The zero-order valence-corrected chi connectivity index (χ0v) is 11.5. The first kappa shape index (κ1) is 11.4. The van der Waals surface area contributed by atoms with Crippen molar-refractivity contribution in [3.8, 4) is 11.4 Å². The fraction of sp³-hybridized carbons (Fsp3) is 0.143. The lowest BCUT2D eigenvalue weighted by atomic mass is 10.1. The smallest absolute Gasteiger partial charge is 0.140 e. The summed E-state index contributed by atoms with van der Waals surface area (Å²) in [6.45, 7) is 2.15. The molecule has 0 fully saturated rings. The molecule has 0 unspecified atom stereocenters. The lowest BCUT2D eigenvalue weighted by Crippen LogP contribution is -1.82. The van der Waals surface area contributed by atoms with Crippen LogP contribution in [-0.2, 0) is 6.42 Å². The molecule has 0 amide bonds. The van der Waals surface area contributed by atoms with Crippen molar-refractivity contribution in [1.29, 1.82) is 0 Å². The molecule has 1 N–H and O–H groups in total. The standard InChI is InChI=1S/C14H12BrN3/c1-2-9-3-4-12-13(5-9)18-14(17-12)10-6-11(15)8-16-7-10/h3-8H,2H2,1H3,(H,17,18). The largest absolute Gasteiger partial charge is 0.338 e. The van der Waals surface area contributed by atoms with E-state index in [2.05, 4.69) is 56.0 Å². The van der Waals surface area contributed by atoms with Crippen LogP contribution in [-0.4, -0.2) is 15.0 Å². The lowest BCUT2D eigenvalue weighted by molar-refractivity contribution is 1.14. The highest BCUT2D eigenvalue weighted by Gasteiger charge is 2.06. The molecule has 0 atom stereocenters. The molecule has 0 aliphatic heterocycles. The van der Waals surface area contributed by atoms with Crippen molar-refractivity contribution in [2.75, 3.05) is 0 Å². The number of aromatic nitrogens is 3. The van der Waals surface area contributed by atoms with Crippen molar-refractivity contribution >= 4 is 27.0 Å². The van der Waals surface area contributed by atoms with Gasteiger partial charge in [0.15, 0.2) is 0 Å². The summed E-state index contributed by atoms with van der Waals surface area (Å²) in [5.41, 5.74) is 4.36. The van der Waals surface area contributed by atoms with Crippen LogP contribution in [0.2, 0.25) is 0 Å². The van der Waals surface area contributed by atoms with E-state index in [1.807, 2.05) is 12.3 Å². The van der Waals surface area contributed by atoms with Crippen molar-refractivity contribution in [1.82, 2.24) is 15.0 Å². The number of nitrogens with one attached hydrogen (secondary N) is 1. The van der Waals surface area contributed by atoms with Crippen molar-refractivity contribution < 1.29 is 0 Å². The maximum Gasteiger partial charge on any atom is 0.140 e. The first-order valence-electron chi connectivity index (χ1n) is 5.86. The quantitative estimate of drug-likeness (QED) is 0.778. The van der Waals surface area contributed by atoms with Crippen molar-refractivity contribution in [3.05, 3.63) is 46.7 Å². The van der Waals surface area contributed by atoms with Gasteiger partial charge in [0.2, 0.25) is 0 Å². The van der Waals surface area contributed by atoms with Gasteiger partial charge in [-0.25, -0.2) is 4.98 Å². The Balaban J connectivity index is 2.13. The van der Waals surface area contributed by atoms with Gasteiger partial charge in [-0.1, -0.05) is 13.0 Å². The Kier molecular flexibility index (Phi) is 2.88. The summed E-state index contributed by atoms with van der Waals surface area (Å²) in [6, 6.07) is 8.33. The van der Waals surface area contributed by atoms with E-state index in [0.29, 0.717) is 0 Å². The van der Waals surface area contributed by atoms with Crippen LogP contribution in [0, 0.1) is 0 Å². The minimum Gasteiger partial charge on any atom is -0.338 e. The number of halogens is 1. The molecule has 0 saturated carbocycles. The molecule has 3 aromatic rings. The number of aryl methyl sites for hydroxylation is 1. The highest BCUT2D eigenvalue weighted by atomic mass is 79.9. The fourth-order valence-electron chi connectivity index (χ4n) is 1.95. The van der Waals surface area contributed by atoms with Crippen molar-refractivity contribution in [2.45, 2.75) is 13.3 Å². The van der Waals surface area contributed by atoms with Crippen LogP contribution in [0.1, 0.15) is 12.5 Å². The molecule has 0 aliphatic carbocycles. The fourth-order valence-corrected chi connectivity index (χ4v) is 2.32. The summed E-state index contributed by atoms with van der Waals surface area (Å²) < 4.78 is 0.953.